The van der Waals surface area contributed by atoms with Gasteiger partial charge in [-0.2, -0.15) is 0 Å². The molecule has 0 fully saturated rings. The van der Waals surface area contributed by atoms with Crippen LogP contribution in [-0.4, -0.2) is 42.7 Å². The molecule has 0 spiro atoms. The van der Waals surface area contributed by atoms with E-state index >= 15 is 0 Å². The fourth-order valence-electron chi connectivity index (χ4n) is 1.41. The Morgan fingerprint density at radius 3 is 2.94 bits per heavy atom. The number of nitrogens with zero attached hydrogens (tertiary/aromatic N) is 2. The van der Waals surface area contributed by atoms with Crippen LogP contribution in [0.25, 0.3) is 0 Å². The van der Waals surface area contributed by atoms with Gasteiger partial charge in [-0.25, -0.2) is 9.78 Å². The summed E-state index contributed by atoms with van der Waals surface area (Å²) in [6.07, 6.45) is 0. The van der Waals surface area contributed by atoms with Crippen molar-refractivity contribution in [3.63, 3.8) is 0 Å². The van der Waals surface area contributed by atoms with Crippen molar-refractivity contribution in [3.8, 4) is 0 Å². The zero-order valence-corrected chi connectivity index (χ0v) is 11.5. The maximum Gasteiger partial charge on any atom is 0.317 e. The second-order valence-electron chi connectivity index (χ2n) is 4.02. The third-order valence-corrected chi connectivity index (χ3v) is 3.02. The Kier molecular flexibility index (Phi) is 5.37. The maximum atomic E-state index is 11.8. The zero-order chi connectivity index (χ0) is 12.8. The van der Waals surface area contributed by atoms with E-state index in [1.54, 1.807) is 30.4 Å². The third-order valence-electron chi connectivity index (χ3n) is 2.20. The molecule has 96 valence electrons. The fourth-order valence-corrected chi connectivity index (χ4v) is 2.01. The van der Waals surface area contributed by atoms with Crippen LogP contribution in [0.4, 0.5) is 4.79 Å². The normalized spacial score (nSPS) is 12.2. The van der Waals surface area contributed by atoms with E-state index < -0.39 is 0 Å². The van der Waals surface area contributed by atoms with Crippen molar-refractivity contribution in [2.24, 2.45) is 0 Å². The Morgan fingerprint density at radius 2 is 2.41 bits per heavy atom. The average Bonchev–Trinajstić information content (AvgIpc) is 2.64. The number of ether oxygens (including phenoxy) is 1. The van der Waals surface area contributed by atoms with Crippen LogP contribution >= 0.6 is 11.3 Å². The van der Waals surface area contributed by atoms with E-state index in [4.69, 9.17) is 4.74 Å². The molecule has 1 aromatic rings. The van der Waals surface area contributed by atoms with Crippen molar-refractivity contribution in [3.05, 3.63) is 16.1 Å². The van der Waals surface area contributed by atoms with Gasteiger partial charge in [0.05, 0.1) is 29.9 Å². The summed E-state index contributed by atoms with van der Waals surface area (Å²) in [5, 5.41) is 5.83. The molecule has 5 nitrogen and oxygen atoms in total. The number of thiazole rings is 1. The van der Waals surface area contributed by atoms with Gasteiger partial charge in [0.15, 0.2) is 0 Å². The van der Waals surface area contributed by atoms with E-state index in [2.05, 4.69) is 10.3 Å². The number of amides is 2. The van der Waals surface area contributed by atoms with Gasteiger partial charge in [-0.05, 0) is 13.8 Å². The van der Waals surface area contributed by atoms with Gasteiger partial charge in [0, 0.05) is 19.5 Å². The third kappa shape index (κ3) is 4.70. The average molecular weight is 257 g/mol. The van der Waals surface area contributed by atoms with Crippen LogP contribution < -0.4 is 5.32 Å². The number of methoxy groups -OCH3 is 1. The SMILES string of the molecule is COCC(C)NC(=O)N(C)Cc1csc(C)n1. The van der Waals surface area contributed by atoms with E-state index in [-0.39, 0.29) is 12.1 Å². The van der Waals surface area contributed by atoms with Gasteiger partial charge in [0.1, 0.15) is 0 Å². The first-order valence-corrected chi connectivity index (χ1v) is 6.32. The number of nitrogens with one attached hydrogen (secondary N) is 1. The lowest BCUT2D eigenvalue weighted by Gasteiger charge is -2.20. The van der Waals surface area contributed by atoms with Crippen molar-refractivity contribution in [2.75, 3.05) is 20.8 Å². The summed E-state index contributed by atoms with van der Waals surface area (Å²) in [6.45, 7) is 4.89. The molecule has 1 unspecified atom stereocenters. The van der Waals surface area contributed by atoms with Crippen molar-refractivity contribution in [1.29, 1.82) is 0 Å². The highest BCUT2D eigenvalue weighted by Gasteiger charge is 2.13. The number of aromatic nitrogens is 1. The standard InChI is InChI=1S/C11H19N3O2S/c1-8(6-16-4)12-11(15)14(3)5-10-7-17-9(2)13-10/h7-8H,5-6H2,1-4H3,(H,12,15). The number of carbonyl (C=O) groups excluding carboxylic acids is 1. The van der Waals surface area contributed by atoms with Gasteiger partial charge in [-0.1, -0.05) is 0 Å². The van der Waals surface area contributed by atoms with Crippen LogP contribution in [0, 0.1) is 6.92 Å². The van der Waals surface area contributed by atoms with Gasteiger partial charge >= 0.3 is 6.03 Å². The smallest absolute Gasteiger partial charge is 0.317 e. The summed E-state index contributed by atoms with van der Waals surface area (Å²) in [5.41, 5.74) is 0.921. The van der Waals surface area contributed by atoms with E-state index in [1.807, 2.05) is 19.2 Å². The summed E-state index contributed by atoms with van der Waals surface area (Å²) in [6, 6.07) is -0.104. The van der Waals surface area contributed by atoms with Crippen LogP contribution in [0.3, 0.4) is 0 Å². The molecule has 2 amide bonds. The van der Waals surface area contributed by atoms with Crippen LogP contribution in [0.1, 0.15) is 17.6 Å². The molecule has 0 aliphatic carbocycles. The lowest BCUT2D eigenvalue weighted by molar-refractivity contribution is 0.162. The van der Waals surface area contributed by atoms with Gasteiger partial charge in [0.2, 0.25) is 0 Å². The summed E-state index contributed by atoms with van der Waals surface area (Å²) in [4.78, 5) is 17.7. The first kappa shape index (κ1) is 13.9. The number of hydrogen-bond donors (Lipinski definition) is 1. The van der Waals surface area contributed by atoms with Crippen molar-refractivity contribution in [1.82, 2.24) is 15.2 Å². The lowest BCUT2D eigenvalue weighted by atomic mass is 10.3. The number of rotatable bonds is 5. The minimum atomic E-state index is -0.111. The molecule has 0 radical (unpaired) electrons. The molecular weight excluding hydrogens is 238 g/mol. The largest absolute Gasteiger partial charge is 0.383 e. The van der Waals surface area contributed by atoms with Gasteiger partial charge in [0.25, 0.3) is 0 Å². The Balaban J connectivity index is 2.41. The molecular formula is C11H19N3O2S. The summed E-state index contributed by atoms with van der Waals surface area (Å²) < 4.78 is 4.96. The molecule has 17 heavy (non-hydrogen) atoms. The molecule has 1 heterocycles. The molecule has 1 atom stereocenters. The highest BCUT2D eigenvalue weighted by molar-refractivity contribution is 7.09. The Morgan fingerprint density at radius 1 is 1.71 bits per heavy atom. The van der Waals surface area contributed by atoms with Gasteiger partial charge in [-0.15, -0.1) is 11.3 Å². The summed E-state index contributed by atoms with van der Waals surface area (Å²) in [7, 11) is 3.37. The van der Waals surface area contributed by atoms with Gasteiger partial charge < -0.3 is 15.0 Å². The van der Waals surface area contributed by atoms with Crippen LogP contribution in [0.15, 0.2) is 5.38 Å². The molecule has 0 saturated heterocycles. The molecule has 0 saturated carbocycles. The zero-order valence-electron chi connectivity index (χ0n) is 10.7. The first-order valence-electron chi connectivity index (χ1n) is 5.44. The number of aryl methyl sites for hydroxylation is 1. The monoisotopic (exact) mass is 257 g/mol. The highest BCUT2D eigenvalue weighted by atomic mass is 32.1. The highest BCUT2D eigenvalue weighted by Crippen LogP contribution is 2.09. The second kappa shape index (κ2) is 6.56. The van der Waals surface area contributed by atoms with Crippen LogP contribution in [0.5, 0.6) is 0 Å². The predicted octanol–water partition coefficient (Wildman–Crippen LogP) is 1.63. The quantitative estimate of drug-likeness (QED) is 0.872. The molecule has 1 rings (SSSR count). The topological polar surface area (TPSA) is 54.5 Å². The predicted molar refractivity (Wildman–Crippen MR) is 68.2 cm³/mol. The molecule has 0 aliphatic heterocycles. The maximum absolute atomic E-state index is 11.8. The van der Waals surface area contributed by atoms with Crippen molar-refractivity contribution < 1.29 is 9.53 Å². The Labute approximate surface area is 106 Å². The Hall–Kier alpha value is -1.14. The fraction of sp³-hybridized carbons (Fsp3) is 0.636. The van der Waals surface area contributed by atoms with Crippen molar-refractivity contribution >= 4 is 17.4 Å². The minimum Gasteiger partial charge on any atom is -0.383 e. The molecule has 1 N–H and O–H groups in total. The number of hydrogen-bond acceptors (Lipinski definition) is 4. The summed E-state index contributed by atoms with van der Waals surface area (Å²) >= 11 is 1.59. The lowest BCUT2D eigenvalue weighted by Crippen LogP contribution is -2.43. The van der Waals surface area contributed by atoms with Crippen LogP contribution in [0.2, 0.25) is 0 Å². The van der Waals surface area contributed by atoms with E-state index in [0.717, 1.165) is 10.7 Å². The molecule has 0 aliphatic rings. The summed E-state index contributed by atoms with van der Waals surface area (Å²) in [5.74, 6) is 0. The van der Waals surface area contributed by atoms with E-state index in [1.165, 1.54) is 0 Å². The minimum absolute atomic E-state index is 0.00659. The molecule has 0 bridgehead atoms. The van der Waals surface area contributed by atoms with Crippen molar-refractivity contribution in [2.45, 2.75) is 26.4 Å². The number of carbonyl (C=O) groups is 1. The van der Waals surface area contributed by atoms with E-state index in [9.17, 15) is 4.79 Å². The second-order valence-corrected chi connectivity index (χ2v) is 5.08. The number of urea groups is 1. The molecule has 6 heteroatoms. The molecule has 0 aromatic carbocycles. The van der Waals surface area contributed by atoms with Gasteiger partial charge in [-0.3, -0.25) is 0 Å². The van der Waals surface area contributed by atoms with E-state index in [0.29, 0.717) is 13.2 Å². The molecule has 1 aromatic heterocycles. The first-order chi connectivity index (χ1) is 8.02. The van der Waals surface area contributed by atoms with Crippen LogP contribution in [-0.2, 0) is 11.3 Å². The Bertz CT molecular complexity index is 367.